The van der Waals surface area contributed by atoms with E-state index in [0.717, 1.165) is 64.3 Å². The minimum atomic E-state index is 0.121. The predicted octanol–water partition coefficient (Wildman–Crippen LogP) is 2.55. The molecular weight excluding hydrogens is 278 g/mol. The lowest BCUT2D eigenvalue weighted by Gasteiger charge is -2.29. The average molecular weight is 316 g/mol. The van der Waals surface area contributed by atoms with Crippen LogP contribution in [-0.4, -0.2) is 51.0 Å². The highest BCUT2D eigenvalue weighted by Crippen LogP contribution is 2.30. The van der Waals surface area contributed by atoms with E-state index in [9.17, 15) is 5.11 Å². The van der Waals surface area contributed by atoms with Gasteiger partial charge >= 0.3 is 0 Å². The molecule has 0 saturated heterocycles. The summed E-state index contributed by atoms with van der Waals surface area (Å²) >= 11 is 0. The van der Waals surface area contributed by atoms with Crippen molar-refractivity contribution in [2.24, 2.45) is 10.4 Å². The summed E-state index contributed by atoms with van der Waals surface area (Å²) in [4.78, 5) is 4.74. The summed E-state index contributed by atoms with van der Waals surface area (Å²) in [6.45, 7) is 10.1. The fourth-order valence-electron chi connectivity index (χ4n) is 2.49. The van der Waals surface area contributed by atoms with Gasteiger partial charge in [0.1, 0.15) is 0 Å². The van der Waals surface area contributed by atoms with Crippen LogP contribution in [0, 0.1) is 5.41 Å². The molecule has 5 nitrogen and oxygen atoms in total. The molecule has 132 valence electrons. The Hall–Kier alpha value is -0.810. The number of guanidine groups is 1. The summed E-state index contributed by atoms with van der Waals surface area (Å²) < 4.78 is 5.05. The van der Waals surface area contributed by atoms with Gasteiger partial charge < -0.3 is 20.5 Å². The molecule has 0 aromatic carbocycles. The zero-order chi connectivity index (χ0) is 16.7. The van der Waals surface area contributed by atoms with Crippen LogP contribution in [0.15, 0.2) is 4.99 Å². The Morgan fingerprint density at radius 1 is 1.09 bits per heavy atom. The lowest BCUT2D eigenvalue weighted by atomic mass is 9.79. The SMILES string of the molecule is CCNC(=NCC(CC)(CC)CCO)NCCCCCOC. The molecule has 0 unspecified atom stereocenters. The number of methoxy groups -OCH3 is 1. The molecule has 0 atom stereocenters. The van der Waals surface area contributed by atoms with Gasteiger partial charge in [-0.15, -0.1) is 0 Å². The number of aliphatic hydroxyl groups is 1. The van der Waals surface area contributed by atoms with Gasteiger partial charge in [-0.1, -0.05) is 13.8 Å². The van der Waals surface area contributed by atoms with Crippen molar-refractivity contribution in [1.29, 1.82) is 0 Å². The molecule has 0 saturated carbocycles. The minimum Gasteiger partial charge on any atom is -0.396 e. The molecule has 5 heteroatoms. The van der Waals surface area contributed by atoms with Gasteiger partial charge in [0.05, 0.1) is 0 Å². The third kappa shape index (κ3) is 9.26. The van der Waals surface area contributed by atoms with Gasteiger partial charge in [0.15, 0.2) is 5.96 Å². The van der Waals surface area contributed by atoms with Crippen LogP contribution in [0.2, 0.25) is 0 Å². The second kappa shape index (κ2) is 13.8. The van der Waals surface area contributed by atoms with E-state index in [4.69, 9.17) is 9.73 Å². The van der Waals surface area contributed by atoms with E-state index in [1.165, 1.54) is 6.42 Å². The minimum absolute atomic E-state index is 0.121. The number of rotatable bonds is 13. The first-order valence-electron chi connectivity index (χ1n) is 8.80. The van der Waals surface area contributed by atoms with E-state index in [2.05, 4.69) is 31.4 Å². The third-order valence-corrected chi connectivity index (χ3v) is 4.38. The Morgan fingerprint density at radius 3 is 2.36 bits per heavy atom. The topological polar surface area (TPSA) is 65.9 Å². The lowest BCUT2D eigenvalue weighted by molar-refractivity contribution is 0.175. The molecule has 3 N–H and O–H groups in total. The molecule has 0 aliphatic rings. The molecule has 0 aromatic rings. The van der Waals surface area contributed by atoms with Crippen molar-refractivity contribution in [3.63, 3.8) is 0 Å². The fourth-order valence-corrected chi connectivity index (χ4v) is 2.49. The number of ether oxygens (including phenoxy) is 1. The van der Waals surface area contributed by atoms with E-state index >= 15 is 0 Å². The Bertz CT molecular complexity index is 279. The molecule has 0 bridgehead atoms. The largest absolute Gasteiger partial charge is 0.396 e. The number of hydrogen-bond acceptors (Lipinski definition) is 3. The van der Waals surface area contributed by atoms with Crippen molar-refractivity contribution in [3.8, 4) is 0 Å². The predicted molar refractivity (Wildman–Crippen MR) is 94.4 cm³/mol. The summed E-state index contributed by atoms with van der Waals surface area (Å²) in [5.41, 5.74) is 0.121. The Kier molecular flexibility index (Phi) is 13.3. The maximum absolute atomic E-state index is 9.29. The van der Waals surface area contributed by atoms with Crippen molar-refractivity contribution < 1.29 is 9.84 Å². The van der Waals surface area contributed by atoms with Crippen LogP contribution in [0.5, 0.6) is 0 Å². The van der Waals surface area contributed by atoms with Gasteiger partial charge in [-0.05, 0) is 50.9 Å². The van der Waals surface area contributed by atoms with Crippen LogP contribution in [0.3, 0.4) is 0 Å². The highest BCUT2D eigenvalue weighted by Gasteiger charge is 2.25. The average Bonchev–Trinajstić information content (AvgIpc) is 2.54. The molecule has 0 aromatic heterocycles. The summed E-state index contributed by atoms with van der Waals surface area (Å²) in [6, 6.07) is 0. The highest BCUT2D eigenvalue weighted by molar-refractivity contribution is 5.79. The van der Waals surface area contributed by atoms with Crippen LogP contribution in [0.1, 0.15) is 59.3 Å². The normalized spacial score (nSPS) is 12.5. The number of nitrogens with zero attached hydrogens (tertiary/aromatic N) is 1. The molecule has 0 aliphatic carbocycles. The first kappa shape index (κ1) is 21.2. The molecule has 0 heterocycles. The Labute approximate surface area is 136 Å². The van der Waals surface area contributed by atoms with E-state index in [-0.39, 0.29) is 12.0 Å². The van der Waals surface area contributed by atoms with Gasteiger partial charge in [0.2, 0.25) is 0 Å². The summed E-state index contributed by atoms with van der Waals surface area (Å²) in [5, 5.41) is 16.0. The zero-order valence-electron chi connectivity index (χ0n) is 15.1. The van der Waals surface area contributed by atoms with Crippen LogP contribution in [0.4, 0.5) is 0 Å². The van der Waals surface area contributed by atoms with E-state index < -0.39 is 0 Å². The third-order valence-electron chi connectivity index (χ3n) is 4.38. The molecule has 0 aliphatic heterocycles. The van der Waals surface area contributed by atoms with Crippen molar-refractivity contribution in [3.05, 3.63) is 0 Å². The van der Waals surface area contributed by atoms with Gasteiger partial charge in [0, 0.05) is 40.0 Å². The van der Waals surface area contributed by atoms with Gasteiger partial charge in [-0.25, -0.2) is 0 Å². The van der Waals surface area contributed by atoms with Crippen molar-refractivity contribution in [2.45, 2.75) is 59.3 Å². The summed E-state index contributed by atoms with van der Waals surface area (Å²) in [7, 11) is 1.74. The molecule has 0 rings (SSSR count). The van der Waals surface area contributed by atoms with E-state index in [0.29, 0.717) is 0 Å². The van der Waals surface area contributed by atoms with Gasteiger partial charge in [0.25, 0.3) is 0 Å². The Morgan fingerprint density at radius 2 is 1.82 bits per heavy atom. The number of aliphatic imine (C=N–C) groups is 1. The molecule has 22 heavy (non-hydrogen) atoms. The highest BCUT2D eigenvalue weighted by atomic mass is 16.5. The van der Waals surface area contributed by atoms with E-state index in [1.807, 2.05) is 0 Å². The summed E-state index contributed by atoms with van der Waals surface area (Å²) in [6.07, 6.45) is 6.31. The molecule has 0 radical (unpaired) electrons. The molecular formula is C17H37N3O2. The van der Waals surface area contributed by atoms with Crippen LogP contribution < -0.4 is 10.6 Å². The van der Waals surface area contributed by atoms with Crippen molar-refractivity contribution in [1.82, 2.24) is 10.6 Å². The number of nitrogens with one attached hydrogen (secondary N) is 2. The first-order valence-corrected chi connectivity index (χ1v) is 8.80. The first-order chi connectivity index (χ1) is 10.7. The van der Waals surface area contributed by atoms with Crippen LogP contribution >= 0.6 is 0 Å². The maximum atomic E-state index is 9.29. The smallest absolute Gasteiger partial charge is 0.191 e. The summed E-state index contributed by atoms with van der Waals surface area (Å²) in [5.74, 6) is 0.887. The van der Waals surface area contributed by atoms with Crippen LogP contribution in [-0.2, 0) is 4.74 Å². The molecule has 0 spiro atoms. The van der Waals surface area contributed by atoms with Gasteiger partial charge in [-0.3, -0.25) is 4.99 Å². The second-order valence-corrected chi connectivity index (χ2v) is 5.86. The standard InChI is InChI=1S/C17H37N3O2/c1-5-17(6-2,11-13-21)15-20-16(18-7-3)19-12-9-8-10-14-22-4/h21H,5-15H2,1-4H3,(H2,18,19,20). The number of aliphatic hydroxyl groups excluding tert-OH is 1. The van der Waals surface area contributed by atoms with Gasteiger partial charge in [-0.2, -0.15) is 0 Å². The fraction of sp³-hybridized carbons (Fsp3) is 0.941. The van der Waals surface area contributed by atoms with Crippen molar-refractivity contribution in [2.75, 3.05) is 40.0 Å². The lowest BCUT2D eigenvalue weighted by Crippen LogP contribution is -2.39. The van der Waals surface area contributed by atoms with Crippen LogP contribution in [0.25, 0.3) is 0 Å². The number of hydrogen-bond donors (Lipinski definition) is 3. The Balaban J connectivity index is 4.33. The quantitative estimate of drug-likeness (QED) is 0.278. The second-order valence-electron chi connectivity index (χ2n) is 5.86. The zero-order valence-corrected chi connectivity index (χ0v) is 15.1. The van der Waals surface area contributed by atoms with Crippen molar-refractivity contribution >= 4 is 5.96 Å². The van der Waals surface area contributed by atoms with E-state index in [1.54, 1.807) is 7.11 Å². The molecule has 0 fully saturated rings. The maximum Gasteiger partial charge on any atom is 0.191 e. The monoisotopic (exact) mass is 315 g/mol. The number of unbranched alkanes of at least 4 members (excludes halogenated alkanes) is 2. The molecule has 0 amide bonds.